The van der Waals surface area contributed by atoms with Gasteiger partial charge in [0.05, 0.1) is 13.2 Å². The van der Waals surface area contributed by atoms with Crippen molar-refractivity contribution < 1.29 is 14.3 Å². The van der Waals surface area contributed by atoms with Crippen LogP contribution in [0.5, 0.6) is 11.5 Å². The molecule has 0 saturated carbocycles. The highest BCUT2D eigenvalue weighted by Gasteiger charge is 1.98. The van der Waals surface area contributed by atoms with Crippen LogP contribution in [0.3, 0.4) is 0 Å². The van der Waals surface area contributed by atoms with Crippen molar-refractivity contribution in [2.45, 2.75) is 64.2 Å². The van der Waals surface area contributed by atoms with E-state index in [1.807, 2.05) is 12.1 Å². The van der Waals surface area contributed by atoms with Gasteiger partial charge in [-0.1, -0.05) is 63.5 Å². The summed E-state index contributed by atoms with van der Waals surface area (Å²) in [7, 11) is 0. The fourth-order valence-corrected chi connectivity index (χ4v) is 3.28. The zero-order valence-corrected chi connectivity index (χ0v) is 17.8. The predicted molar refractivity (Wildman–Crippen MR) is 121 cm³/mol. The molecule has 0 N–H and O–H groups in total. The third-order valence-corrected chi connectivity index (χ3v) is 5.01. The number of nitrogens with zero attached hydrogens (tertiary/aromatic N) is 1. The fraction of sp³-hybridized carbons (Fsp3) is 0.480. The van der Waals surface area contributed by atoms with E-state index < -0.39 is 0 Å². The summed E-state index contributed by atoms with van der Waals surface area (Å²) in [5.41, 5.74) is 1.08. The van der Waals surface area contributed by atoms with Crippen molar-refractivity contribution in [2.75, 3.05) is 13.2 Å². The topological polar surface area (TPSA) is 65.0 Å². The third kappa shape index (κ3) is 10.2. The van der Waals surface area contributed by atoms with Gasteiger partial charge in [-0.15, -0.1) is 4.91 Å². The lowest BCUT2D eigenvalue weighted by molar-refractivity contribution is 0.112. The van der Waals surface area contributed by atoms with Gasteiger partial charge in [-0.25, -0.2) is 0 Å². The molecule has 0 fully saturated rings. The minimum absolute atomic E-state index is 0.428. The summed E-state index contributed by atoms with van der Waals surface area (Å²) >= 11 is 0. The number of benzene rings is 2. The van der Waals surface area contributed by atoms with Crippen LogP contribution >= 0.6 is 0 Å². The van der Waals surface area contributed by atoms with E-state index in [2.05, 4.69) is 5.18 Å². The minimum Gasteiger partial charge on any atom is -0.494 e. The Balaban J connectivity index is 1.34. The lowest BCUT2D eigenvalue weighted by atomic mass is 10.1. The molecular weight excluding hydrogens is 378 g/mol. The first kappa shape index (κ1) is 23.6. The maximum Gasteiger partial charge on any atom is 0.150 e. The Bertz CT molecular complexity index is 730. The van der Waals surface area contributed by atoms with Crippen molar-refractivity contribution in [2.24, 2.45) is 5.18 Å². The smallest absolute Gasteiger partial charge is 0.150 e. The number of hydrogen-bond acceptors (Lipinski definition) is 5. The van der Waals surface area contributed by atoms with E-state index in [-0.39, 0.29) is 0 Å². The van der Waals surface area contributed by atoms with Gasteiger partial charge < -0.3 is 9.47 Å². The number of ether oxygens (including phenoxy) is 2. The van der Waals surface area contributed by atoms with Gasteiger partial charge in [-0.3, -0.25) is 4.79 Å². The van der Waals surface area contributed by atoms with Crippen molar-refractivity contribution in [1.82, 2.24) is 0 Å². The summed E-state index contributed by atoms with van der Waals surface area (Å²) in [6.07, 6.45) is 13.0. The number of carbonyl (C=O) groups is 1. The molecule has 2 aromatic rings. The number of hydrogen-bond donors (Lipinski definition) is 0. The molecule has 0 radical (unpaired) electrons. The Morgan fingerprint density at radius 1 is 0.667 bits per heavy atom. The first-order valence-electron chi connectivity index (χ1n) is 11.1. The maximum atomic E-state index is 10.7. The molecule has 0 atom stereocenters. The Kier molecular flexibility index (Phi) is 11.9. The quantitative estimate of drug-likeness (QED) is 0.156. The summed E-state index contributed by atoms with van der Waals surface area (Å²) < 4.78 is 11.4. The number of aldehydes is 1. The summed E-state index contributed by atoms with van der Waals surface area (Å²) in [4.78, 5) is 21.1. The van der Waals surface area contributed by atoms with Gasteiger partial charge in [0, 0.05) is 5.56 Å². The van der Waals surface area contributed by atoms with Crippen molar-refractivity contribution in [3.05, 3.63) is 59.0 Å². The average Bonchev–Trinajstić information content (AvgIpc) is 2.79. The van der Waals surface area contributed by atoms with Gasteiger partial charge in [0.25, 0.3) is 0 Å². The number of unbranched alkanes of at least 4 members (excludes halogenated alkanes) is 9. The minimum atomic E-state index is 0.428. The zero-order chi connectivity index (χ0) is 21.3. The van der Waals surface area contributed by atoms with Crippen LogP contribution in [0.4, 0.5) is 5.69 Å². The summed E-state index contributed by atoms with van der Waals surface area (Å²) in [5.74, 6) is 1.57. The van der Waals surface area contributed by atoms with Crippen LogP contribution in [0.25, 0.3) is 0 Å². The number of nitroso groups, excluding NO2 is 1. The van der Waals surface area contributed by atoms with E-state index in [4.69, 9.17) is 9.47 Å². The van der Waals surface area contributed by atoms with Crippen LogP contribution in [0, 0.1) is 4.91 Å². The summed E-state index contributed by atoms with van der Waals surface area (Å²) in [6.45, 7) is 1.43. The molecule has 0 heterocycles. The predicted octanol–water partition coefficient (Wildman–Crippen LogP) is 7.26. The van der Waals surface area contributed by atoms with E-state index in [1.54, 1.807) is 36.4 Å². The van der Waals surface area contributed by atoms with Crippen molar-refractivity contribution in [3.63, 3.8) is 0 Å². The standard InChI is InChI=1S/C25H33NO4/c27-21-22-12-11-13-25(20-22)30-19-10-8-6-4-2-1-3-5-7-9-18-29-24-16-14-23(26-28)15-17-24/h11-17,20-21H,1-10,18-19H2. The van der Waals surface area contributed by atoms with E-state index >= 15 is 0 Å². The maximum absolute atomic E-state index is 10.7. The second kappa shape index (κ2) is 15.2. The molecule has 0 aliphatic carbocycles. The molecule has 0 saturated heterocycles. The third-order valence-electron chi connectivity index (χ3n) is 5.01. The Morgan fingerprint density at radius 3 is 1.73 bits per heavy atom. The van der Waals surface area contributed by atoms with Crippen LogP contribution < -0.4 is 9.47 Å². The zero-order valence-electron chi connectivity index (χ0n) is 17.8. The van der Waals surface area contributed by atoms with Gasteiger partial charge in [-0.05, 0) is 54.4 Å². The first-order chi connectivity index (χ1) is 14.8. The van der Waals surface area contributed by atoms with Gasteiger partial charge in [0.15, 0.2) is 0 Å². The molecule has 2 rings (SSSR count). The van der Waals surface area contributed by atoms with Gasteiger partial charge in [-0.2, -0.15) is 0 Å². The molecule has 0 unspecified atom stereocenters. The second-order valence-electron chi connectivity index (χ2n) is 7.51. The molecule has 0 aliphatic rings. The largest absolute Gasteiger partial charge is 0.494 e. The Morgan fingerprint density at radius 2 is 1.20 bits per heavy atom. The lowest BCUT2D eigenvalue weighted by Crippen LogP contribution is -1.97. The molecule has 5 heteroatoms. The second-order valence-corrected chi connectivity index (χ2v) is 7.51. The Labute approximate surface area is 179 Å². The first-order valence-corrected chi connectivity index (χ1v) is 11.1. The van der Waals surface area contributed by atoms with Crippen molar-refractivity contribution >= 4 is 12.0 Å². The van der Waals surface area contributed by atoms with Crippen LogP contribution in [-0.2, 0) is 0 Å². The highest BCUT2D eigenvalue weighted by molar-refractivity contribution is 5.75. The van der Waals surface area contributed by atoms with Crippen molar-refractivity contribution in [3.8, 4) is 11.5 Å². The highest BCUT2D eigenvalue weighted by Crippen LogP contribution is 2.18. The van der Waals surface area contributed by atoms with E-state index in [1.165, 1.54) is 51.4 Å². The molecule has 30 heavy (non-hydrogen) atoms. The molecule has 2 aromatic carbocycles. The van der Waals surface area contributed by atoms with Gasteiger partial charge >= 0.3 is 0 Å². The molecule has 162 valence electrons. The number of carbonyl (C=O) groups excluding carboxylic acids is 1. The van der Waals surface area contributed by atoms with E-state index in [0.717, 1.165) is 37.2 Å². The highest BCUT2D eigenvalue weighted by atomic mass is 16.5. The van der Waals surface area contributed by atoms with Gasteiger partial charge in [0.2, 0.25) is 0 Å². The van der Waals surface area contributed by atoms with Crippen molar-refractivity contribution in [1.29, 1.82) is 0 Å². The van der Waals surface area contributed by atoms with Crippen LogP contribution in [0.1, 0.15) is 74.6 Å². The summed E-state index contributed by atoms with van der Waals surface area (Å²) in [6, 6.07) is 14.2. The lowest BCUT2D eigenvalue weighted by Gasteiger charge is -2.07. The SMILES string of the molecule is O=Cc1cccc(OCCCCCCCCCCCCOc2ccc(N=O)cc2)c1. The average molecular weight is 412 g/mol. The molecule has 0 aliphatic heterocycles. The fourth-order valence-electron chi connectivity index (χ4n) is 3.28. The van der Waals surface area contributed by atoms with Crippen LogP contribution in [0.2, 0.25) is 0 Å². The van der Waals surface area contributed by atoms with Crippen LogP contribution in [0.15, 0.2) is 53.7 Å². The Hall–Kier alpha value is -2.69. The molecule has 0 aromatic heterocycles. The molecule has 0 bridgehead atoms. The molecule has 0 amide bonds. The normalized spacial score (nSPS) is 10.5. The van der Waals surface area contributed by atoms with Gasteiger partial charge in [0.1, 0.15) is 23.5 Å². The number of rotatable bonds is 17. The molecule has 5 nitrogen and oxygen atoms in total. The monoisotopic (exact) mass is 411 g/mol. The van der Waals surface area contributed by atoms with E-state index in [0.29, 0.717) is 17.9 Å². The molecular formula is C25H33NO4. The molecule has 0 spiro atoms. The van der Waals surface area contributed by atoms with E-state index in [9.17, 15) is 9.70 Å². The van der Waals surface area contributed by atoms with Crippen LogP contribution in [-0.4, -0.2) is 19.5 Å². The summed E-state index contributed by atoms with van der Waals surface area (Å²) in [5, 5.41) is 2.88.